The van der Waals surface area contributed by atoms with Crippen LogP contribution in [-0.2, 0) is 9.53 Å². The third-order valence-electron chi connectivity index (χ3n) is 2.96. The molecular weight excluding hydrogens is 227 g/mol. The fourth-order valence-electron chi connectivity index (χ4n) is 1.83. The van der Waals surface area contributed by atoms with Crippen LogP contribution < -0.4 is 5.73 Å². The number of ether oxygens (including phenoxy) is 1. The topological polar surface area (TPSA) is 72.5 Å². The number of halogens is 3. The Morgan fingerprint density at radius 3 is 2.31 bits per heavy atom. The fourth-order valence-corrected chi connectivity index (χ4v) is 1.83. The van der Waals surface area contributed by atoms with Crippen molar-refractivity contribution in [3.05, 3.63) is 0 Å². The third kappa shape index (κ3) is 3.08. The van der Waals surface area contributed by atoms with Gasteiger partial charge in [-0.3, -0.25) is 9.53 Å². The van der Waals surface area contributed by atoms with Gasteiger partial charge >= 0.3 is 12.3 Å². The molecule has 1 aliphatic rings. The first-order valence-electron chi connectivity index (χ1n) is 4.96. The highest BCUT2D eigenvalue weighted by Gasteiger charge is 2.50. The Balaban J connectivity index is 2.54. The minimum absolute atomic E-state index is 0.119. The van der Waals surface area contributed by atoms with Crippen LogP contribution in [0, 0.1) is 11.3 Å². The van der Waals surface area contributed by atoms with Crippen molar-refractivity contribution in [2.75, 3.05) is 13.2 Å². The summed E-state index contributed by atoms with van der Waals surface area (Å²) in [4.78, 5) is 11.1. The van der Waals surface area contributed by atoms with Gasteiger partial charge in [-0.1, -0.05) is 0 Å². The van der Waals surface area contributed by atoms with Crippen LogP contribution >= 0.6 is 0 Å². The summed E-state index contributed by atoms with van der Waals surface area (Å²) in [6.07, 6.45) is -3.52. The predicted molar refractivity (Wildman–Crippen MR) is 48.5 cm³/mol. The summed E-state index contributed by atoms with van der Waals surface area (Å²) in [5.74, 6) is -1.25. The van der Waals surface area contributed by atoms with Gasteiger partial charge in [0.25, 0.3) is 0 Å². The zero-order valence-corrected chi connectivity index (χ0v) is 8.59. The summed E-state index contributed by atoms with van der Waals surface area (Å²) in [5, 5.41) is 9.05. The minimum atomic E-state index is -4.72. The van der Waals surface area contributed by atoms with Crippen LogP contribution in [0.2, 0.25) is 0 Å². The molecule has 0 saturated heterocycles. The number of hydrogen-bond donors (Lipinski definition) is 2. The van der Waals surface area contributed by atoms with Crippen molar-refractivity contribution in [2.24, 2.45) is 17.1 Å². The molecular formula is C9H14F3NO3. The van der Waals surface area contributed by atoms with Crippen LogP contribution in [-0.4, -0.2) is 30.6 Å². The molecule has 3 N–H and O–H groups in total. The maximum atomic E-state index is 11.8. The number of rotatable bonds is 6. The molecule has 0 bridgehead atoms. The van der Waals surface area contributed by atoms with E-state index in [4.69, 9.17) is 10.8 Å². The number of aliphatic carboxylic acids is 1. The molecule has 0 aliphatic heterocycles. The average Bonchev–Trinajstić information content (AvgIpc) is 2.93. The van der Waals surface area contributed by atoms with E-state index in [0.29, 0.717) is 12.8 Å². The molecule has 16 heavy (non-hydrogen) atoms. The summed E-state index contributed by atoms with van der Waals surface area (Å²) in [6.45, 7) is -0.822. The van der Waals surface area contributed by atoms with Crippen molar-refractivity contribution < 1.29 is 27.8 Å². The van der Waals surface area contributed by atoms with Gasteiger partial charge in [0.1, 0.15) is 0 Å². The van der Waals surface area contributed by atoms with E-state index in [1.807, 2.05) is 0 Å². The SMILES string of the molecule is NCC(CCOC(F)(F)F)(C(=O)O)C1CC1. The lowest BCUT2D eigenvalue weighted by Crippen LogP contribution is -2.42. The summed E-state index contributed by atoms with van der Waals surface area (Å²) >= 11 is 0. The van der Waals surface area contributed by atoms with Gasteiger partial charge in [0.05, 0.1) is 12.0 Å². The molecule has 0 amide bonds. The van der Waals surface area contributed by atoms with E-state index < -0.39 is 24.4 Å². The van der Waals surface area contributed by atoms with Gasteiger partial charge < -0.3 is 10.8 Å². The Kier molecular flexibility index (Phi) is 3.80. The lowest BCUT2D eigenvalue weighted by molar-refractivity contribution is -0.326. The Morgan fingerprint density at radius 1 is 1.44 bits per heavy atom. The first-order chi connectivity index (χ1) is 7.32. The number of nitrogens with two attached hydrogens (primary N) is 1. The molecule has 4 nitrogen and oxygen atoms in total. The molecule has 1 aliphatic carbocycles. The van der Waals surface area contributed by atoms with Crippen molar-refractivity contribution in [3.8, 4) is 0 Å². The van der Waals surface area contributed by atoms with Crippen molar-refractivity contribution in [1.82, 2.24) is 0 Å². The van der Waals surface area contributed by atoms with Gasteiger partial charge in [0.2, 0.25) is 0 Å². The molecule has 0 heterocycles. The van der Waals surface area contributed by atoms with Gasteiger partial charge in [0, 0.05) is 6.54 Å². The summed E-state index contributed by atoms with van der Waals surface area (Å²) in [7, 11) is 0. The summed E-state index contributed by atoms with van der Waals surface area (Å²) in [5.41, 5.74) is 4.12. The van der Waals surface area contributed by atoms with Crippen LogP contribution in [0.4, 0.5) is 13.2 Å². The van der Waals surface area contributed by atoms with E-state index in [-0.39, 0.29) is 18.9 Å². The quantitative estimate of drug-likeness (QED) is 0.736. The molecule has 1 rings (SSSR count). The molecule has 0 spiro atoms. The lowest BCUT2D eigenvalue weighted by atomic mass is 9.80. The van der Waals surface area contributed by atoms with E-state index in [1.54, 1.807) is 0 Å². The Labute approximate surface area is 90.6 Å². The van der Waals surface area contributed by atoms with Gasteiger partial charge in [-0.2, -0.15) is 0 Å². The average molecular weight is 241 g/mol. The molecule has 0 radical (unpaired) electrons. The van der Waals surface area contributed by atoms with E-state index in [2.05, 4.69) is 4.74 Å². The molecule has 0 aromatic rings. The standard InChI is InChI=1S/C9H14F3NO3/c10-9(11,12)16-4-3-8(5-13,7(14)15)6-1-2-6/h6H,1-5,13H2,(H,14,15). The molecule has 1 saturated carbocycles. The second kappa shape index (κ2) is 4.58. The summed E-state index contributed by atoms with van der Waals surface area (Å²) in [6, 6.07) is 0. The molecule has 0 aromatic heterocycles. The minimum Gasteiger partial charge on any atom is -0.481 e. The predicted octanol–water partition coefficient (Wildman–Crippen LogP) is 1.35. The highest BCUT2D eigenvalue weighted by Crippen LogP contribution is 2.47. The van der Waals surface area contributed by atoms with Crippen LogP contribution in [0.15, 0.2) is 0 Å². The maximum absolute atomic E-state index is 11.8. The Bertz CT molecular complexity index is 265. The van der Waals surface area contributed by atoms with Crippen molar-refractivity contribution in [1.29, 1.82) is 0 Å². The van der Waals surface area contributed by atoms with Gasteiger partial charge in [-0.05, 0) is 25.2 Å². The summed E-state index contributed by atoms with van der Waals surface area (Å²) < 4.78 is 38.9. The molecule has 1 atom stereocenters. The van der Waals surface area contributed by atoms with E-state index in [0.717, 1.165) is 0 Å². The Hall–Kier alpha value is -0.820. The third-order valence-corrected chi connectivity index (χ3v) is 2.96. The highest BCUT2D eigenvalue weighted by molar-refractivity contribution is 5.76. The normalized spacial score (nSPS) is 20.5. The van der Waals surface area contributed by atoms with E-state index in [1.165, 1.54) is 0 Å². The molecule has 7 heteroatoms. The Morgan fingerprint density at radius 2 is 2.00 bits per heavy atom. The van der Waals surface area contributed by atoms with Gasteiger partial charge in [-0.15, -0.1) is 13.2 Å². The van der Waals surface area contributed by atoms with Gasteiger partial charge in [-0.25, -0.2) is 0 Å². The van der Waals surface area contributed by atoms with Crippen LogP contribution in [0.3, 0.4) is 0 Å². The molecule has 1 unspecified atom stereocenters. The monoisotopic (exact) mass is 241 g/mol. The van der Waals surface area contributed by atoms with Crippen LogP contribution in [0.25, 0.3) is 0 Å². The smallest absolute Gasteiger partial charge is 0.481 e. The second-order valence-corrected chi connectivity index (χ2v) is 3.98. The van der Waals surface area contributed by atoms with Gasteiger partial charge in [0.15, 0.2) is 0 Å². The van der Waals surface area contributed by atoms with E-state index in [9.17, 15) is 18.0 Å². The van der Waals surface area contributed by atoms with E-state index >= 15 is 0 Å². The molecule has 1 fully saturated rings. The van der Waals surface area contributed by atoms with Crippen LogP contribution in [0.1, 0.15) is 19.3 Å². The zero-order chi connectivity index (χ0) is 12.4. The number of carbonyl (C=O) groups is 1. The second-order valence-electron chi connectivity index (χ2n) is 3.98. The number of carboxylic acids is 1. The van der Waals surface area contributed by atoms with Crippen LogP contribution in [0.5, 0.6) is 0 Å². The number of carboxylic acid groups (broad SMARTS) is 1. The fraction of sp³-hybridized carbons (Fsp3) is 0.889. The zero-order valence-electron chi connectivity index (χ0n) is 8.59. The maximum Gasteiger partial charge on any atom is 0.522 e. The van der Waals surface area contributed by atoms with Crippen molar-refractivity contribution >= 4 is 5.97 Å². The molecule has 94 valence electrons. The number of hydrogen-bond acceptors (Lipinski definition) is 3. The highest BCUT2D eigenvalue weighted by atomic mass is 19.4. The first kappa shape index (κ1) is 13.2. The first-order valence-corrected chi connectivity index (χ1v) is 4.96. The van der Waals surface area contributed by atoms with Crippen molar-refractivity contribution in [3.63, 3.8) is 0 Å². The lowest BCUT2D eigenvalue weighted by Gasteiger charge is -2.27. The largest absolute Gasteiger partial charge is 0.522 e. The number of alkyl halides is 3. The molecule has 0 aromatic carbocycles. The van der Waals surface area contributed by atoms with Crippen molar-refractivity contribution in [2.45, 2.75) is 25.6 Å².